The normalized spacial score (nSPS) is 21.4. The molecule has 14 nitrogen and oxygen atoms in total. The van der Waals surface area contributed by atoms with Gasteiger partial charge in [0.05, 0.1) is 50.1 Å². The number of amides is 4. The van der Waals surface area contributed by atoms with Gasteiger partial charge in [0.1, 0.15) is 23.7 Å². The molecule has 4 amide bonds. The summed E-state index contributed by atoms with van der Waals surface area (Å²) in [6.07, 6.45) is 6.96. The van der Waals surface area contributed by atoms with E-state index in [0.717, 1.165) is 77.4 Å². The van der Waals surface area contributed by atoms with Gasteiger partial charge < -0.3 is 39.9 Å². The molecule has 3 fully saturated rings. The Bertz CT molecular complexity index is 2040. The van der Waals surface area contributed by atoms with Crippen LogP contribution in [0.2, 0.25) is 0 Å². The number of carbonyl (C=O) groups is 4. The summed E-state index contributed by atoms with van der Waals surface area (Å²) in [6, 6.07) is 15.0. The second kappa shape index (κ2) is 16.2. The zero-order chi connectivity index (χ0) is 39.7. The first-order valence-electron chi connectivity index (χ1n) is 19.6. The smallest absolute Gasteiger partial charge is 0.407 e. The number of nitrogens with one attached hydrogen (secondary N) is 4. The molecule has 2 aromatic heterocycles. The van der Waals surface area contributed by atoms with Crippen LogP contribution in [0.5, 0.6) is 0 Å². The van der Waals surface area contributed by atoms with Crippen molar-refractivity contribution in [3.8, 4) is 33.6 Å². The Balaban J connectivity index is 1.02. The van der Waals surface area contributed by atoms with Crippen molar-refractivity contribution in [1.29, 1.82) is 0 Å². The van der Waals surface area contributed by atoms with E-state index < -0.39 is 24.3 Å². The molecule has 4 heterocycles. The number of carbonyl (C=O) groups excluding carboxylic acids is 4. The maximum absolute atomic E-state index is 13.9. The highest BCUT2D eigenvalue weighted by Crippen LogP contribution is 2.50. The van der Waals surface area contributed by atoms with Crippen molar-refractivity contribution in [2.45, 2.75) is 90.0 Å². The van der Waals surface area contributed by atoms with Crippen LogP contribution in [0.4, 0.5) is 9.59 Å². The van der Waals surface area contributed by atoms with E-state index in [2.05, 4.69) is 74.1 Å². The summed E-state index contributed by atoms with van der Waals surface area (Å²) in [4.78, 5) is 71.7. The molecule has 3 aliphatic rings. The first kappa shape index (κ1) is 38.6. The number of benzene rings is 2. The number of ether oxygens (including phenoxy) is 2. The van der Waals surface area contributed by atoms with Crippen LogP contribution in [0.15, 0.2) is 60.9 Å². The highest BCUT2D eigenvalue weighted by atomic mass is 16.5. The summed E-state index contributed by atoms with van der Waals surface area (Å²) >= 11 is 0. The number of hydrogen-bond acceptors (Lipinski definition) is 8. The monoisotopic (exact) mass is 764 g/mol. The first-order valence-corrected chi connectivity index (χ1v) is 19.6. The average Bonchev–Trinajstić information content (AvgIpc) is 4.06. The summed E-state index contributed by atoms with van der Waals surface area (Å²) in [5.74, 6) is 1.37. The molecule has 1 unspecified atom stereocenters. The van der Waals surface area contributed by atoms with E-state index in [-0.39, 0.29) is 41.8 Å². The van der Waals surface area contributed by atoms with E-state index in [9.17, 15) is 19.2 Å². The molecule has 2 aromatic carbocycles. The lowest BCUT2D eigenvalue weighted by atomic mass is 9.95. The second-order valence-corrected chi connectivity index (χ2v) is 15.8. The van der Waals surface area contributed by atoms with E-state index in [1.54, 1.807) is 6.20 Å². The zero-order valence-corrected chi connectivity index (χ0v) is 32.9. The molecule has 0 radical (unpaired) electrons. The first-order chi connectivity index (χ1) is 27.0. The van der Waals surface area contributed by atoms with Gasteiger partial charge in [-0.2, -0.15) is 0 Å². The molecule has 56 heavy (non-hydrogen) atoms. The fourth-order valence-corrected chi connectivity index (χ4v) is 8.68. The molecule has 7 rings (SSSR count). The van der Waals surface area contributed by atoms with Gasteiger partial charge >= 0.3 is 12.2 Å². The lowest BCUT2D eigenvalue weighted by Gasteiger charge is -2.37. The lowest BCUT2D eigenvalue weighted by Crippen LogP contribution is -2.54. The van der Waals surface area contributed by atoms with Crippen molar-refractivity contribution < 1.29 is 28.7 Å². The summed E-state index contributed by atoms with van der Waals surface area (Å²) < 4.78 is 9.57. The number of fused-ring (bicyclic) bond motifs is 2. The Morgan fingerprint density at radius 2 is 1.20 bits per heavy atom. The number of methoxy groups -OCH3 is 2. The quantitative estimate of drug-likeness (QED) is 0.132. The van der Waals surface area contributed by atoms with Crippen LogP contribution in [0, 0.1) is 17.8 Å². The topological polar surface area (TPSA) is 175 Å². The summed E-state index contributed by atoms with van der Waals surface area (Å²) in [5, 5.41) is 5.45. The van der Waals surface area contributed by atoms with Gasteiger partial charge in [0.15, 0.2) is 0 Å². The van der Waals surface area contributed by atoms with Crippen LogP contribution in [0.3, 0.4) is 0 Å². The van der Waals surface area contributed by atoms with E-state index in [4.69, 9.17) is 14.5 Å². The van der Waals surface area contributed by atoms with Gasteiger partial charge in [-0.25, -0.2) is 19.6 Å². The maximum Gasteiger partial charge on any atom is 0.407 e. The zero-order valence-electron chi connectivity index (χ0n) is 32.9. The number of piperidine rings is 1. The fraction of sp³-hybridized carbons (Fsp3) is 0.476. The number of nitrogens with zero attached hydrogens (tertiary/aromatic N) is 4. The molecule has 1 aliphatic carbocycles. The van der Waals surface area contributed by atoms with Crippen molar-refractivity contribution in [3.63, 3.8) is 0 Å². The Labute approximate surface area is 327 Å². The molecule has 4 aromatic rings. The van der Waals surface area contributed by atoms with E-state index in [1.165, 1.54) is 14.2 Å². The molecule has 1 saturated carbocycles. The van der Waals surface area contributed by atoms with Crippen molar-refractivity contribution in [3.05, 3.63) is 72.6 Å². The molecule has 6 atom stereocenters. The maximum atomic E-state index is 13.9. The third-order valence-electron chi connectivity index (χ3n) is 11.7. The van der Waals surface area contributed by atoms with Crippen molar-refractivity contribution >= 4 is 24.0 Å². The number of alkyl carbamates (subject to hydrolysis) is 2. The summed E-state index contributed by atoms with van der Waals surface area (Å²) in [7, 11) is 2.59. The third kappa shape index (κ3) is 7.61. The van der Waals surface area contributed by atoms with Gasteiger partial charge in [-0.3, -0.25) is 9.59 Å². The molecule has 4 N–H and O–H groups in total. The summed E-state index contributed by atoms with van der Waals surface area (Å²) in [6.45, 7) is 8.25. The van der Waals surface area contributed by atoms with Crippen LogP contribution in [0.25, 0.3) is 33.6 Å². The van der Waals surface area contributed by atoms with Gasteiger partial charge in [-0.15, -0.1) is 0 Å². The number of aromatic amines is 2. The third-order valence-corrected chi connectivity index (χ3v) is 11.7. The molecule has 14 heteroatoms. The number of aromatic nitrogens is 4. The van der Waals surface area contributed by atoms with Crippen molar-refractivity contribution in [2.75, 3.05) is 20.8 Å². The van der Waals surface area contributed by atoms with Gasteiger partial charge in [0.2, 0.25) is 11.8 Å². The summed E-state index contributed by atoms with van der Waals surface area (Å²) in [5.41, 5.74) is 5.83. The highest BCUT2D eigenvalue weighted by molar-refractivity contribution is 5.87. The van der Waals surface area contributed by atoms with Gasteiger partial charge in [0, 0.05) is 12.6 Å². The van der Waals surface area contributed by atoms with Gasteiger partial charge in [0.25, 0.3) is 0 Å². The predicted octanol–water partition coefficient (Wildman–Crippen LogP) is 6.61. The largest absolute Gasteiger partial charge is 0.453 e. The van der Waals surface area contributed by atoms with E-state index in [1.807, 2.05) is 43.7 Å². The van der Waals surface area contributed by atoms with Crippen LogP contribution >= 0.6 is 0 Å². The van der Waals surface area contributed by atoms with E-state index in [0.29, 0.717) is 12.5 Å². The van der Waals surface area contributed by atoms with Crippen LogP contribution in [-0.4, -0.2) is 92.6 Å². The minimum atomic E-state index is -0.687. The number of likely N-dealkylation sites (tertiary alicyclic amines) is 2. The van der Waals surface area contributed by atoms with Crippen LogP contribution < -0.4 is 10.6 Å². The molecule has 2 saturated heterocycles. The van der Waals surface area contributed by atoms with E-state index >= 15 is 0 Å². The van der Waals surface area contributed by atoms with Gasteiger partial charge in [-0.05, 0) is 72.1 Å². The number of hydrogen-bond donors (Lipinski definition) is 4. The van der Waals surface area contributed by atoms with Crippen LogP contribution in [0.1, 0.15) is 83.5 Å². The minimum Gasteiger partial charge on any atom is -0.453 e. The highest BCUT2D eigenvalue weighted by Gasteiger charge is 2.51. The Morgan fingerprint density at radius 1 is 0.696 bits per heavy atom. The van der Waals surface area contributed by atoms with Gasteiger partial charge in [-0.1, -0.05) is 76.2 Å². The lowest BCUT2D eigenvalue weighted by molar-refractivity contribution is -0.139. The Morgan fingerprint density at radius 3 is 1.73 bits per heavy atom. The second-order valence-electron chi connectivity index (χ2n) is 15.8. The van der Waals surface area contributed by atoms with Crippen molar-refractivity contribution in [1.82, 2.24) is 40.4 Å². The molecular weight excluding hydrogens is 713 g/mol. The molecule has 0 spiro atoms. The molecule has 296 valence electrons. The molecular formula is C42H52N8O6. The Kier molecular flexibility index (Phi) is 11.2. The SMILES string of the molecule is COC(=O)NC(C(=O)N1CCC[C@H]1c1ncc(-c2ccc(-c3ccc(-c4cnc([C@@H]5[C@H]6CC[C@H](C6)N5C(=O)[C@@H](NC(=O)OC)C(C)C)[nH]4)cc3)cc2)[nH]1)C(C)C. The standard InChI is InChI=1S/C42H52N8O6/c1-23(2)34(47-41(53)55-5)39(51)49-19-7-8-33(49)37-43-21-31(45-37)27-13-9-25(10-14-27)26-11-15-28(16-12-26)32-22-44-38(46-32)36-29-17-18-30(20-29)50(36)40(52)35(24(3)4)48-42(54)56-6/h9-16,21-24,29-30,33-36H,7-8,17-20H2,1-6H3,(H,43,45)(H,44,46)(H,47,53)(H,48,54)/t29-,30+,33-,34?,35-,36-/m0/s1. The number of imidazole rings is 2. The van der Waals surface area contributed by atoms with Crippen LogP contribution in [-0.2, 0) is 19.1 Å². The molecule has 2 bridgehead atoms. The molecule has 2 aliphatic heterocycles. The fourth-order valence-electron chi connectivity index (χ4n) is 8.68. The minimum absolute atomic E-state index is 0.0949. The van der Waals surface area contributed by atoms with Crippen molar-refractivity contribution in [2.24, 2.45) is 17.8 Å². The number of rotatable bonds is 11. The predicted molar refractivity (Wildman–Crippen MR) is 210 cm³/mol. The number of H-pyrrole nitrogens is 2. The average molecular weight is 765 g/mol. The Hall–Kier alpha value is -5.66.